The fourth-order valence-electron chi connectivity index (χ4n) is 4.44. The summed E-state index contributed by atoms with van der Waals surface area (Å²) in [6.45, 7) is 6.25. The Bertz CT molecular complexity index is 1530. The van der Waals surface area contributed by atoms with Gasteiger partial charge in [-0.3, -0.25) is 24.3 Å². The smallest absolute Gasteiger partial charge is 0.270 e. The van der Waals surface area contributed by atoms with Gasteiger partial charge in [0.1, 0.15) is 5.82 Å². The Morgan fingerprint density at radius 2 is 1.81 bits per heavy atom. The number of halogens is 1. The minimum Gasteiger partial charge on any atom is -0.328 e. The van der Waals surface area contributed by atoms with Gasteiger partial charge in [-0.15, -0.1) is 0 Å². The molecule has 0 saturated carbocycles. The lowest BCUT2D eigenvalue weighted by atomic mass is 10.0. The summed E-state index contributed by atoms with van der Waals surface area (Å²) in [4.78, 5) is 45.0. The fourth-order valence-corrected chi connectivity index (χ4v) is 4.63. The molecule has 8 nitrogen and oxygen atoms in total. The molecule has 0 aliphatic carbocycles. The molecule has 190 valence electrons. The zero-order valence-electron chi connectivity index (χ0n) is 20.8. The minimum absolute atomic E-state index is 0.0866. The first-order chi connectivity index (χ1) is 17.7. The van der Waals surface area contributed by atoms with Gasteiger partial charge < -0.3 is 4.90 Å². The van der Waals surface area contributed by atoms with Crippen molar-refractivity contribution >= 4 is 34.1 Å². The summed E-state index contributed by atoms with van der Waals surface area (Å²) in [7, 11) is 0. The van der Waals surface area contributed by atoms with Crippen LogP contribution in [0, 0.1) is 16.0 Å². The molecular formula is C28H27ClN4O4. The Morgan fingerprint density at radius 3 is 2.49 bits per heavy atom. The van der Waals surface area contributed by atoms with E-state index in [2.05, 4.69) is 0 Å². The van der Waals surface area contributed by atoms with Gasteiger partial charge in [0.2, 0.25) is 0 Å². The van der Waals surface area contributed by atoms with E-state index in [1.165, 1.54) is 22.8 Å². The van der Waals surface area contributed by atoms with Crippen LogP contribution in [0.1, 0.15) is 49.4 Å². The summed E-state index contributed by atoms with van der Waals surface area (Å²) in [5.41, 5.74) is 0.824. The van der Waals surface area contributed by atoms with E-state index in [9.17, 15) is 19.7 Å². The van der Waals surface area contributed by atoms with Gasteiger partial charge in [0.15, 0.2) is 0 Å². The molecule has 0 aliphatic heterocycles. The minimum atomic E-state index is -0.592. The number of benzene rings is 3. The molecule has 0 saturated heterocycles. The second kappa shape index (κ2) is 10.9. The molecule has 0 aliphatic rings. The number of carbonyl (C=O) groups excluding carboxylic acids is 1. The summed E-state index contributed by atoms with van der Waals surface area (Å²) < 4.78 is 1.51. The first-order valence-electron chi connectivity index (χ1n) is 12.0. The number of carbonyl (C=O) groups is 1. The molecule has 1 aromatic heterocycles. The van der Waals surface area contributed by atoms with E-state index in [4.69, 9.17) is 16.6 Å². The summed E-state index contributed by atoms with van der Waals surface area (Å²) in [6.07, 6.45) is 0.457. The first-order valence-corrected chi connectivity index (χ1v) is 12.4. The van der Waals surface area contributed by atoms with Crippen LogP contribution in [0.2, 0.25) is 5.02 Å². The van der Waals surface area contributed by atoms with Crippen molar-refractivity contribution in [3.05, 3.63) is 110 Å². The quantitative estimate of drug-likeness (QED) is 0.204. The van der Waals surface area contributed by atoms with Crippen molar-refractivity contribution in [3.63, 3.8) is 0 Å². The van der Waals surface area contributed by atoms with E-state index in [1.54, 1.807) is 53.4 Å². The third-order valence-electron chi connectivity index (χ3n) is 6.06. The zero-order valence-corrected chi connectivity index (χ0v) is 21.6. The maximum absolute atomic E-state index is 13.8. The van der Waals surface area contributed by atoms with E-state index < -0.39 is 11.0 Å². The molecule has 1 heterocycles. The zero-order chi connectivity index (χ0) is 26.7. The van der Waals surface area contributed by atoms with Gasteiger partial charge in [0.25, 0.3) is 17.2 Å². The van der Waals surface area contributed by atoms with E-state index >= 15 is 0 Å². The van der Waals surface area contributed by atoms with E-state index in [1.807, 2.05) is 26.8 Å². The third-order valence-corrected chi connectivity index (χ3v) is 6.29. The van der Waals surface area contributed by atoms with Crippen molar-refractivity contribution in [1.29, 1.82) is 0 Å². The molecule has 4 rings (SSSR count). The Labute approximate surface area is 219 Å². The van der Waals surface area contributed by atoms with Crippen molar-refractivity contribution in [3.8, 4) is 5.69 Å². The predicted octanol–water partition coefficient (Wildman–Crippen LogP) is 6.20. The molecule has 0 spiro atoms. The molecule has 0 N–H and O–H groups in total. The Hall–Kier alpha value is -4.04. The number of nitrogens with zero attached hydrogens (tertiary/aromatic N) is 4. The van der Waals surface area contributed by atoms with Crippen LogP contribution in [0.4, 0.5) is 5.69 Å². The monoisotopic (exact) mass is 518 g/mol. The van der Waals surface area contributed by atoms with E-state index in [0.717, 1.165) is 0 Å². The van der Waals surface area contributed by atoms with Gasteiger partial charge in [0, 0.05) is 29.3 Å². The van der Waals surface area contributed by atoms with E-state index in [0.29, 0.717) is 40.4 Å². The number of nitro groups is 1. The van der Waals surface area contributed by atoms with Gasteiger partial charge >= 0.3 is 0 Å². The summed E-state index contributed by atoms with van der Waals surface area (Å²) >= 11 is 6.28. The van der Waals surface area contributed by atoms with Gasteiger partial charge in [-0.25, -0.2) is 4.98 Å². The van der Waals surface area contributed by atoms with Crippen LogP contribution < -0.4 is 5.56 Å². The summed E-state index contributed by atoms with van der Waals surface area (Å²) in [5.74, 6) is 0.112. The van der Waals surface area contributed by atoms with Crippen LogP contribution in [-0.2, 0) is 0 Å². The number of amides is 1. The molecule has 1 atom stereocenters. The van der Waals surface area contributed by atoms with Crippen LogP contribution >= 0.6 is 11.6 Å². The number of rotatable bonds is 8. The number of hydrogen-bond donors (Lipinski definition) is 0. The normalized spacial score (nSPS) is 12.0. The van der Waals surface area contributed by atoms with Gasteiger partial charge in [0.05, 0.1) is 27.6 Å². The molecule has 1 amide bonds. The highest BCUT2D eigenvalue weighted by Crippen LogP contribution is 2.29. The molecule has 37 heavy (non-hydrogen) atoms. The Kier molecular flexibility index (Phi) is 7.69. The van der Waals surface area contributed by atoms with Crippen LogP contribution in [-0.4, -0.2) is 31.8 Å². The number of para-hydroxylation sites is 1. The number of aromatic nitrogens is 2. The third kappa shape index (κ3) is 5.39. The Balaban J connectivity index is 1.95. The topological polar surface area (TPSA) is 98.3 Å². The molecule has 4 aromatic rings. The lowest BCUT2D eigenvalue weighted by Crippen LogP contribution is -2.40. The van der Waals surface area contributed by atoms with Crippen molar-refractivity contribution in [2.24, 2.45) is 5.92 Å². The molecular weight excluding hydrogens is 492 g/mol. The molecule has 0 fully saturated rings. The van der Waals surface area contributed by atoms with Crippen molar-refractivity contribution in [1.82, 2.24) is 14.5 Å². The number of non-ortho nitro benzene ring substituents is 1. The number of hydrogen-bond acceptors (Lipinski definition) is 5. The average Bonchev–Trinajstić information content (AvgIpc) is 2.88. The number of fused-ring (bicyclic) bond motifs is 1. The maximum Gasteiger partial charge on any atom is 0.270 e. The first kappa shape index (κ1) is 26.0. The van der Waals surface area contributed by atoms with Gasteiger partial charge in [-0.05, 0) is 48.7 Å². The van der Waals surface area contributed by atoms with Gasteiger partial charge in [-0.2, -0.15) is 0 Å². The van der Waals surface area contributed by atoms with Crippen LogP contribution in [0.3, 0.4) is 0 Å². The lowest BCUT2D eigenvalue weighted by Gasteiger charge is -2.33. The number of nitro benzene ring substituents is 1. The van der Waals surface area contributed by atoms with Crippen LogP contribution in [0.5, 0.6) is 0 Å². The SMILES string of the molecule is CCC(c1nc2ccccc2c(=O)n1-c1cccc(Cl)c1)N(CC(C)C)C(=O)c1cccc([N+](=O)[O-])c1. The molecule has 0 bridgehead atoms. The van der Waals surface area contributed by atoms with Crippen molar-refractivity contribution < 1.29 is 9.72 Å². The maximum atomic E-state index is 13.8. The average molecular weight is 519 g/mol. The predicted molar refractivity (Wildman–Crippen MR) is 144 cm³/mol. The molecule has 9 heteroatoms. The van der Waals surface area contributed by atoms with E-state index in [-0.39, 0.29) is 28.6 Å². The fraction of sp³-hybridized carbons (Fsp3) is 0.250. The highest BCUT2D eigenvalue weighted by Gasteiger charge is 2.31. The second-order valence-corrected chi connectivity index (χ2v) is 9.63. The second-order valence-electron chi connectivity index (χ2n) is 9.19. The largest absolute Gasteiger partial charge is 0.328 e. The molecule has 0 radical (unpaired) electrons. The Morgan fingerprint density at radius 1 is 1.08 bits per heavy atom. The highest BCUT2D eigenvalue weighted by atomic mass is 35.5. The van der Waals surface area contributed by atoms with Crippen LogP contribution in [0.25, 0.3) is 16.6 Å². The van der Waals surface area contributed by atoms with Crippen molar-refractivity contribution in [2.75, 3.05) is 6.54 Å². The molecule has 3 aromatic carbocycles. The summed E-state index contributed by atoms with van der Waals surface area (Å²) in [5, 5.41) is 12.3. The summed E-state index contributed by atoms with van der Waals surface area (Å²) in [6, 6.07) is 19.1. The molecule has 1 unspecified atom stereocenters. The van der Waals surface area contributed by atoms with Crippen LogP contribution in [0.15, 0.2) is 77.6 Å². The lowest BCUT2D eigenvalue weighted by molar-refractivity contribution is -0.384. The van der Waals surface area contributed by atoms with Crippen molar-refractivity contribution in [2.45, 2.75) is 33.2 Å². The standard InChI is InChI=1S/C28H27ClN4O4/c1-4-25(31(17-18(2)3)27(34)19-9-7-12-22(15-19)33(36)37)26-30-24-14-6-5-13-23(24)28(35)32(26)21-11-8-10-20(29)16-21/h5-16,18,25H,4,17H2,1-3H3. The van der Waals surface area contributed by atoms with Gasteiger partial charge in [-0.1, -0.05) is 56.6 Å². The highest BCUT2D eigenvalue weighted by molar-refractivity contribution is 6.30.